The van der Waals surface area contributed by atoms with Gasteiger partial charge >= 0.3 is 0 Å². The van der Waals surface area contributed by atoms with Gasteiger partial charge in [-0.3, -0.25) is 9.59 Å². The number of amides is 2. The lowest BCUT2D eigenvalue weighted by molar-refractivity contribution is -0.118. The Kier molecular flexibility index (Phi) is 6.33. The molecule has 1 heterocycles. The molecule has 8 heteroatoms. The minimum atomic E-state index is -3.13. The van der Waals surface area contributed by atoms with Crippen molar-refractivity contribution in [3.8, 4) is 5.75 Å². The predicted molar refractivity (Wildman–Crippen MR) is 110 cm³/mol. The number of carbonyl (C=O) groups excluding carboxylic acids is 2. The van der Waals surface area contributed by atoms with Crippen molar-refractivity contribution < 1.29 is 22.7 Å². The van der Waals surface area contributed by atoms with Crippen LogP contribution in [-0.2, 0) is 14.6 Å². The molecule has 1 atom stereocenters. The molecular weight excluding hydrogens is 392 g/mol. The van der Waals surface area contributed by atoms with Gasteiger partial charge < -0.3 is 15.4 Å². The molecule has 1 aliphatic rings. The average molecular weight is 414 g/mol. The molecule has 152 valence electrons. The molecule has 0 spiro atoms. The van der Waals surface area contributed by atoms with Crippen LogP contribution in [0, 0.1) is 0 Å². The number of carbonyl (C=O) groups is 2. The molecule has 3 rings (SSSR count). The molecule has 2 N–H and O–H groups in total. The first-order valence-corrected chi connectivity index (χ1v) is 10.9. The second-order valence-electron chi connectivity index (χ2n) is 6.72. The normalized spacial score (nSPS) is 18.1. The van der Waals surface area contributed by atoms with Gasteiger partial charge in [0.25, 0.3) is 11.8 Å². The van der Waals surface area contributed by atoms with Gasteiger partial charge in [-0.05, 0) is 42.3 Å². The molecule has 2 aromatic rings. The zero-order valence-electron chi connectivity index (χ0n) is 15.9. The number of benzene rings is 2. The number of rotatable bonds is 6. The number of hydrogen-bond donors (Lipinski definition) is 2. The molecule has 0 bridgehead atoms. The Balaban J connectivity index is 1.82. The maximum atomic E-state index is 12.8. The number of methoxy groups -OCH3 is 1. The SMILES string of the molecule is COc1ccc(/C=C(/NC(=O)c2ccccc2)C(=O)N[C@@H]2CCS(=O)(=O)C2)cc1. The highest BCUT2D eigenvalue weighted by Crippen LogP contribution is 2.15. The van der Waals surface area contributed by atoms with Crippen LogP contribution in [0.4, 0.5) is 0 Å². The van der Waals surface area contributed by atoms with Gasteiger partial charge in [0.1, 0.15) is 11.4 Å². The summed E-state index contributed by atoms with van der Waals surface area (Å²) in [7, 11) is -1.58. The van der Waals surface area contributed by atoms with E-state index in [2.05, 4.69) is 10.6 Å². The van der Waals surface area contributed by atoms with Crippen LogP contribution in [0.3, 0.4) is 0 Å². The van der Waals surface area contributed by atoms with Gasteiger partial charge in [-0.2, -0.15) is 0 Å². The molecular formula is C21H22N2O5S. The van der Waals surface area contributed by atoms with E-state index in [0.717, 1.165) is 0 Å². The maximum absolute atomic E-state index is 12.8. The fourth-order valence-electron chi connectivity index (χ4n) is 2.98. The summed E-state index contributed by atoms with van der Waals surface area (Å²) < 4.78 is 28.4. The van der Waals surface area contributed by atoms with Crippen molar-refractivity contribution in [2.75, 3.05) is 18.6 Å². The van der Waals surface area contributed by atoms with E-state index >= 15 is 0 Å². The topological polar surface area (TPSA) is 102 Å². The summed E-state index contributed by atoms with van der Waals surface area (Å²) in [5, 5.41) is 5.34. The third-order valence-corrected chi connectivity index (χ3v) is 6.29. The summed E-state index contributed by atoms with van der Waals surface area (Å²) in [6.45, 7) is 0. The van der Waals surface area contributed by atoms with E-state index in [1.54, 1.807) is 67.8 Å². The second-order valence-corrected chi connectivity index (χ2v) is 8.95. The van der Waals surface area contributed by atoms with E-state index in [0.29, 0.717) is 23.3 Å². The van der Waals surface area contributed by atoms with Crippen molar-refractivity contribution in [1.82, 2.24) is 10.6 Å². The van der Waals surface area contributed by atoms with Crippen molar-refractivity contribution in [3.05, 3.63) is 71.4 Å². The summed E-state index contributed by atoms with van der Waals surface area (Å²) >= 11 is 0. The van der Waals surface area contributed by atoms with Crippen LogP contribution in [0.2, 0.25) is 0 Å². The van der Waals surface area contributed by atoms with Crippen molar-refractivity contribution in [2.45, 2.75) is 12.5 Å². The van der Waals surface area contributed by atoms with Gasteiger partial charge in [0.15, 0.2) is 9.84 Å². The first kappa shape index (κ1) is 20.6. The van der Waals surface area contributed by atoms with E-state index in [4.69, 9.17) is 4.74 Å². The summed E-state index contributed by atoms with van der Waals surface area (Å²) in [5.41, 5.74) is 1.13. The first-order valence-electron chi connectivity index (χ1n) is 9.10. The number of nitrogens with one attached hydrogen (secondary N) is 2. The highest BCUT2D eigenvalue weighted by Gasteiger charge is 2.29. The van der Waals surface area contributed by atoms with E-state index in [-0.39, 0.29) is 17.2 Å². The Morgan fingerprint density at radius 1 is 1.07 bits per heavy atom. The van der Waals surface area contributed by atoms with Gasteiger partial charge in [0.05, 0.1) is 18.6 Å². The molecule has 7 nitrogen and oxygen atoms in total. The van der Waals surface area contributed by atoms with Crippen LogP contribution in [0.1, 0.15) is 22.3 Å². The lowest BCUT2D eigenvalue weighted by Gasteiger charge is -2.14. The average Bonchev–Trinajstić information content (AvgIpc) is 3.06. The van der Waals surface area contributed by atoms with Gasteiger partial charge in [-0.1, -0.05) is 30.3 Å². The van der Waals surface area contributed by atoms with E-state index in [9.17, 15) is 18.0 Å². The Morgan fingerprint density at radius 3 is 2.34 bits per heavy atom. The summed E-state index contributed by atoms with van der Waals surface area (Å²) in [4.78, 5) is 25.3. The first-order chi connectivity index (χ1) is 13.9. The van der Waals surface area contributed by atoms with Gasteiger partial charge in [-0.15, -0.1) is 0 Å². The van der Waals surface area contributed by atoms with E-state index in [1.807, 2.05) is 0 Å². The molecule has 0 aromatic heterocycles. The number of sulfone groups is 1. The molecule has 1 saturated heterocycles. The zero-order valence-corrected chi connectivity index (χ0v) is 16.7. The molecule has 2 amide bonds. The van der Waals surface area contributed by atoms with E-state index < -0.39 is 27.7 Å². The minimum Gasteiger partial charge on any atom is -0.497 e. The molecule has 0 saturated carbocycles. The Labute approximate surface area is 169 Å². The third kappa shape index (κ3) is 5.68. The maximum Gasteiger partial charge on any atom is 0.268 e. The van der Waals surface area contributed by atoms with Crippen LogP contribution in [-0.4, -0.2) is 44.9 Å². The summed E-state index contributed by atoms with van der Waals surface area (Å²) in [6.07, 6.45) is 1.90. The number of ether oxygens (including phenoxy) is 1. The smallest absolute Gasteiger partial charge is 0.268 e. The largest absolute Gasteiger partial charge is 0.497 e. The summed E-state index contributed by atoms with van der Waals surface area (Å²) in [5.74, 6) is -0.350. The Hall–Kier alpha value is -3.13. The third-order valence-electron chi connectivity index (χ3n) is 4.52. The highest BCUT2D eigenvalue weighted by molar-refractivity contribution is 7.91. The van der Waals surface area contributed by atoms with E-state index in [1.165, 1.54) is 0 Å². The molecule has 1 aliphatic heterocycles. The predicted octanol–water partition coefficient (Wildman–Crippen LogP) is 1.77. The van der Waals surface area contributed by atoms with Crippen LogP contribution < -0.4 is 15.4 Å². The van der Waals surface area contributed by atoms with Crippen molar-refractivity contribution in [1.29, 1.82) is 0 Å². The molecule has 1 fully saturated rings. The van der Waals surface area contributed by atoms with Crippen LogP contribution in [0.25, 0.3) is 6.08 Å². The van der Waals surface area contributed by atoms with Crippen LogP contribution in [0.5, 0.6) is 5.75 Å². The van der Waals surface area contributed by atoms with Crippen molar-refractivity contribution >= 4 is 27.7 Å². The van der Waals surface area contributed by atoms with Gasteiger partial charge in [0.2, 0.25) is 0 Å². The molecule has 2 aromatic carbocycles. The molecule has 29 heavy (non-hydrogen) atoms. The fraction of sp³-hybridized carbons (Fsp3) is 0.238. The highest BCUT2D eigenvalue weighted by atomic mass is 32.2. The standard InChI is InChI=1S/C21H22N2O5S/c1-28-18-9-7-15(8-10-18)13-19(23-20(24)16-5-3-2-4-6-16)21(25)22-17-11-12-29(26,27)14-17/h2-10,13,17H,11-12,14H2,1H3,(H,22,25)(H,23,24)/b19-13+/t17-/m1/s1. The minimum absolute atomic E-state index is 0.0355. The van der Waals surface area contributed by atoms with Crippen molar-refractivity contribution in [3.63, 3.8) is 0 Å². The van der Waals surface area contributed by atoms with Crippen LogP contribution in [0.15, 0.2) is 60.3 Å². The molecule has 0 unspecified atom stereocenters. The summed E-state index contributed by atoms with van der Waals surface area (Å²) in [6, 6.07) is 15.0. The molecule has 0 aliphatic carbocycles. The van der Waals surface area contributed by atoms with Gasteiger partial charge in [-0.25, -0.2) is 8.42 Å². The van der Waals surface area contributed by atoms with Crippen LogP contribution >= 0.6 is 0 Å². The zero-order chi connectivity index (χ0) is 20.9. The second kappa shape index (κ2) is 8.91. The Morgan fingerprint density at radius 2 is 1.76 bits per heavy atom. The molecule has 0 radical (unpaired) electrons. The number of hydrogen-bond acceptors (Lipinski definition) is 5. The monoisotopic (exact) mass is 414 g/mol. The van der Waals surface area contributed by atoms with Crippen molar-refractivity contribution in [2.24, 2.45) is 0 Å². The lowest BCUT2D eigenvalue weighted by Crippen LogP contribution is -2.41. The lowest BCUT2D eigenvalue weighted by atomic mass is 10.1. The Bertz CT molecular complexity index is 1010. The quantitative estimate of drug-likeness (QED) is 0.702. The van der Waals surface area contributed by atoms with Gasteiger partial charge in [0, 0.05) is 11.6 Å². The fourth-order valence-corrected chi connectivity index (χ4v) is 4.65.